The van der Waals surface area contributed by atoms with E-state index in [9.17, 15) is 4.79 Å². The van der Waals surface area contributed by atoms with Gasteiger partial charge >= 0.3 is 5.97 Å². The smallest absolute Gasteiger partial charge is 0.334 e. The van der Waals surface area contributed by atoms with Crippen LogP contribution in [0.5, 0.6) is 0 Å². The van der Waals surface area contributed by atoms with E-state index in [1.54, 1.807) is 6.92 Å². The molecule has 0 rings (SSSR count). The van der Waals surface area contributed by atoms with E-state index in [1.807, 2.05) is 6.92 Å². The molecule has 0 amide bonds. The molecule has 0 aliphatic heterocycles. The van der Waals surface area contributed by atoms with E-state index >= 15 is 0 Å². The first-order valence-electron chi connectivity index (χ1n) is 3.99. The minimum absolute atomic E-state index is 0.355. The number of hydrogen-bond donors (Lipinski definition) is 0. The highest BCUT2D eigenvalue weighted by Crippen LogP contribution is 1.92. The molecule has 0 N–H and O–H groups in total. The molecular weight excluding hydrogens is 160 g/mol. The summed E-state index contributed by atoms with van der Waals surface area (Å²) in [6, 6.07) is 0. The number of carbonyl (C=O) groups excluding carboxylic acids is 1. The Morgan fingerprint density at radius 3 is 2.58 bits per heavy atom. The molecule has 0 aliphatic rings. The van der Waals surface area contributed by atoms with Crippen LogP contribution in [0.3, 0.4) is 0 Å². The van der Waals surface area contributed by atoms with Crippen molar-refractivity contribution in [1.29, 1.82) is 0 Å². The molecule has 4 heteroatoms. The van der Waals surface area contributed by atoms with Crippen LogP contribution >= 0.6 is 0 Å². The second-order valence-corrected chi connectivity index (χ2v) is 2.23. The summed E-state index contributed by atoms with van der Waals surface area (Å²) in [5.74, 6) is -0.355. The van der Waals surface area contributed by atoms with Crippen molar-refractivity contribution in [2.45, 2.75) is 20.0 Å². The quantitative estimate of drug-likeness (QED) is 0.439. The first-order valence-corrected chi connectivity index (χ1v) is 3.99. The lowest BCUT2D eigenvalue weighted by Crippen LogP contribution is -2.23. The summed E-state index contributed by atoms with van der Waals surface area (Å²) in [6.45, 7) is 5.15. The molecule has 0 aliphatic carbocycles. The molecule has 0 spiro atoms. The van der Waals surface area contributed by atoms with E-state index in [1.165, 1.54) is 7.11 Å². The van der Waals surface area contributed by atoms with E-state index in [0.29, 0.717) is 19.8 Å². The maximum atomic E-state index is 10.8. The molecule has 0 heterocycles. The summed E-state index contributed by atoms with van der Waals surface area (Å²) < 4.78 is 14.6. The van der Waals surface area contributed by atoms with Crippen LogP contribution in [0, 0.1) is 0 Å². The lowest BCUT2D eigenvalue weighted by Gasteiger charge is -2.09. The third-order valence-electron chi connectivity index (χ3n) is 1.33. The lowest BCUT2D eigenvalue weighted by molar-refractivity contribution is -0.153. The second-order valence-electron chi connectivity index (χ2n) is 2.23. The topological polar surface area (TPSA) is 44.8 Å². The number of esters is 1. The van der Waals surface area contributed by atoms with Crippen molar-refractivity contribution in [3.05, 3.63) is 0 Å². The van der Waals surface area contributed by atoms with E-state index in [2.05, 4.69) is 4.74 Å². The van der Waals surface area contributed by atoms with Gasteiger partial charge in [0.1, 0.15) is 0 Å². The number of methoxy groups -OCH3 is 1. The summed E-state index contributed by atoms with van der Waals surface area (Å²) in [6.07, 6.45) is -0.504. The van der Waals surface area contributed by atoms with Crippen molar-refractivity contribution in [2.75, 3.05) is 26.9 Å². The molecule has 0 fully saturated rings. The van der Waals surface area contributed by atoms with Crippen molar-refractivity contribution >= 4 is 5.97 Å². The summed E-state index contributed by atoms with van der Waals surface area (Å²) in [4.78, 5) is 10.8. The zero-order valence-corrected chi connectivity index (χ0v) is 7.83. The molecule has 0 saturated heterocycles. The number of ether oxygens (including phenoxy) is 3. The first kappa shape index (κ1) is 11.4. The third-order valence-corrected chi connectivity index (χ3v) is 1.33. The normalized spacial score (nSPS) is 12.6. The molecule has 0 saturated carbocycles. The van der Waals surface area contributed by atoms with E-state index in [-0.39, 0.29) is 5.97 Å². The summed E-state index contributed by atoms with van der Waals surface area (Å²) in [7, 11) is 1.34. The maximum Gasteiger partial charge on any atom is 0.334 e. The molecule has 1 atom stereocenters. The molecule has 12 heavy (non-hydrogen) atoms. The average molecular weight is 176 g/mol. The van der Waals surface area contributed by atoms with E-state index in [0.717, 1.165) is 0 Å². The van der Waals surface area contributed by atoms with Crippen molar-refractivity contribution in [3.63, 3.8) is 0 Å². The third kappa shape index (κ3) is 5.09. The van der Waals surface area contributed by atoms with Gasteiger partial charge in [0.2, 0.25) is 0 Å². The fourth-order valence-corrected chi connectivity index (χ4v) is 0.662. The zero-order chi connectivity index (χ0) is 9.40. The van der Waals surface area contributed by atoms with Crippen LogP contribution in [0.1, 0.15) is 13.8 Å². The highest BCUT2D eigenvalue weighted by Gasteiger charge is 2.12. The Kier molecular flexibility index (Phi) is 6.70. The largest absolute Gasteiger partial charge is 0.467 e. The highest BCUT2D eigenvalue weighted by molar-refractivity contribution is 5.73. The molecule has 0 unspecified atom stereocenters. The molecule has 4 nitrogen and oxygen atoms in total. The Morgan fingerprint density at radius 2 is 2.08 bits per heavy atom. The van der Waals surface area contributed by atoms with Gasteiger partial charge in [0.05, 0.1) is 20.3 Å². The Hall–Kier alpha value is -0.610. The molecule has 0 aromatic carbocycles. The van der Waals surface area contributed by atoms with Gasteiger partial charge in [-0.2, -0.15) is 0 Å². The number of carbonyl (C=O) groups is 1. The zero-order valence-electron chi connectivity index (χ0n) is 7.83. The Labute approximate surface area is 72.8 Å². The predicted molar refractivity (Wildman–Crippen MR) is 43.9 cm³/mol. The van der Waals surface area contributed by atoms with Crippen molar-refractivity contribution in [3.8, 4) is 0 Å². The minimum atomic E-state index is -0.504. The lowest BCUT2D eigenvalue weighted by atomic mass is 10.4. The Morgan fingerprint density at radius 1 is 1.42 bits per heavy atom. The van der Waals surface area contributed by atoms with Gasteiger partial charge in [0, 0.05) is 6.61 Å². The standard InChI is InChI=1S/C8H16O4/c1-4-11-5-6-12-7(2)8(9)10-3/h7H,4-6H2,1-3H3/t7-/m0/s1. The van der Waals surface area contributed by atoms with Gasteiger partial charge in [0.15, 0.2) is 6.10 Å². The minimum Gasteiger partial charge on any atom is -0.467 e. The summed E-state index contributed by atoms with van der Waals surface area (Å²) >= 11 is 0. The van der Waals surface area contributed by atoms with Crippen LogP contribution in [0.15, 0.2) is 0 Å². The van der Waals surface area contributed by atoms with Crippen LogP contribution in [-0.2, 0) is 19.0 Å². The van der Waals surface area contributed by atoms with Crippen LogP contribution in [0.2, 0.25) is 0 Å². The van der Waals surface area contributed by atoms with Crippen molar-refractivity contribution in [1.82, 2.24) is 0 Å². The Balaban J connectivity index is 3.31. The number of hydrogen-bond acceptors (Lipinski definition) is 4. The predicted octanol–water partition coefficient (Wildman–Crippen LogP) is 0.601. The Bertz CT molecular complexity index is 124. The van der Waals surface area contributed by atoms with Gasteiger partial charge in [-0.1, -0.05) is 0 Å². The summed E-state index contributed by atoms with van der Waals surface area (Å²) in [5, 5.41) is 0. The maximum absolute atomic E-state index is 10.8. The molecule has 0 bridgehead atoms. The fourth-order valence-electron chi connectivity index (χ4n) is 0.662. The first-order chi connectivity index (χ1) is 5.72. The van der Waals surface area contributed by atoms with Gasteiger partial charge in [-0.05, 0) is 13.8 Å². The fraction of sp³-hybridized carbons (Fsp3) is 0.875. The molecule has 72 valence electrons. The van der Waals surface area contributed by atoms with Crippen molar-refractivity contribution < 1.29 is 19.0 Å². The van der Waals surface area contributed by atoms with Gasteiger partial charge in [0.25, 0.3) is 0 Å². The van der Waals surface area contributed by atoms with Gasteiger partial charge < -0.3 is 14.2 Å². The van der Waals surface area contributed by atoms with Crippen LogP contribution in [0.25, 0.3) is 0 Å². The molecule has 0 aromatic rings. The van der Waals surface area contributed by atoms with Crippen LogP contribution in [0.4, 0.5) is 0 Å². The number of rotatable bonds is 6. The monoisotopic (exact) mass is 176 g/mol. The van der Waals surface area contributed by atoms with Crippen molar-refractivity contribution in [2.24, 2.45) is 0 Å². The second kappa shape index (κ2) is 7.06. The SMILES string of the molecule is CCOCCO[C@@H](C)C(=O)OC. The van der Waals surface area contributed by atoms with Crippen LogP contribution in [-0.4, -0.2) is 39.0 Å². The van der Waals surface area contributed by atoms with Gasteiger partial charge in [-0.3, -0.25) is 0 Å². The molecule has 0 aromatic heterocycles. The molecule has 0 radical (unpaired) electrons. The average Bonchev–Trinajstić information content (AvgIpc) is 2.10. The van der Waals surface area contributed by atoms with Crippen LogP contribution < -0.4 is 0 Å². The van der Waals surface area contributed by atoms with Gasteiger partial charge in [-0.15, -0.1) is 0 Å². The molecular formula is C8H16O4. The summed E-state index contributed by atoms with van der Waals surface area (Å²) in [5.41, 5.74) is 0. The van der Waals surface area contributed by atoms with E-state index < -0.39 is 6.10 Å². The van der Waals surface area contributed by atoms with Gasteiger partial charge in [-0.25, -0.2) is 4.79 Å². The highest BCUT2D eigenvalue weighted by atomic mass is 16.6. The van der Waals surface area contributed by atoms with E-state index in [4.69, 9.17) is 9.47 Å².